The Kier molecular flexibility index (Phi) is 5.98. The summed E-state index contributed by atoms with van der Waals surface area (Å²) in [6, 6.07) is 1.26. The van der Waals surface area contributed by atoms with E-state index in [2.05, 4.69) is 47.5 Å². The zero-order chi connectivity index (χ0) is 14.4. The van der Waals surface area contributed by atoms with Gasteiger partial charge in [0.15, 0.2) is 0 Å². The van der Waals surface area contributed by atoms with E-state index in [9.17, 15) is 0 Å². The minimum absolute atomic E-state index is 0.485. The van der Waals surface area contributed by atoms with E-state index in [4.69, 9.17) is 0 Å². The molecule has 1 saturated heterocycles. The number of nitrogens with zero attached hydrogens (tertiary/aromatic N) is 4. The summed E-state index contributed by atoms with van der Waals surface area (Å²) in [6.45, 7) is 10.7. The second-order valence-corrected chi connectivity index (χ2v) is 6.10. The summed E-state index contributed by atoms with van der Waals surface area (Å²) in [5.41, 5.74) is 1.03. The van der Waals surface area contributed by atoms with Crippen LogP contribution in [0, 0.1) is 0 Å². The van der Waals surface area contributed by atoms with Crippen LogP contribution < -0.4 is 5.32 Å². The normalized spacial score (nSPS) is 20.7. The van der Waals surface area contributed by atoms with Crippen LogP contribution in [-0.2, 0) is 13.1 Å². The molecule has 0 aliphatic carbocycles. The minimum atomic E-state index is 0.485. The summed E-state index contributed by atoms with van der Waals surface area (Å²) >= 11 is 0. The van der Waals surface area contributed by atoms with Gasteiger partial charge in [-0.3, -0.25) is 9.58 Å². The van der Waals surface area contributed by atoms with Crippen LogP contribution in [0.25, 0.3) is 0 Å². The Hall–Kier alpha value is -0.940. The summed E-state index contributed by atoms with van der Waals surface area (Å²) in [5, 5.41) is 11.8. The van der Waals surface area contributed by atoms with Gasteiger partial charge in [0.2, 0.25) is 0 Å². The summed E-state index contributed by atoms with van der Waals surface area (Å²) < 4.78 is 1.98. The molecule has 0 aromatic carbocycles. The maximum absolute atomic E-state index is 4.23. The molecule has 0 amide bonds. The minimum Gasteiger partial charge on any atom is -0.309 e. The third-order valence-corrected chi connectivity index (χ3v) is 4.11. The Balaban J connectivity index is 1.78. The van der Waals surface area contributed by atoms with Gasteiger partial charge in [-0.25, -0.2) is 0 Å². The second kappa shape index (κ2) is 7.74. The molecule has 5 nitrogen and oxygen atoms in total. The first-order valence-electron chi connectivity index (χ1n) is 8.05. The van der Waals surface area contributed by atoms with Crippen LogP contribution in [0.5, 0.6) is 0 Å². The first kappa shape index (κ1) is 15.4. The number of rotatable bonds is 7. The molecule has 1 atom stereocenters. The van der Waals surface area contributed by atoms with Crippen molar-refractivity contribution in [1.82, 2.24) is 25.2 Å². The van der Waals surface area contributed by atoms with E-state index in [0.29, 0.717) is 6.04 Å². The van der Waals surface area contributed by atoms with Crippen molar-refractivity contribution >= 4 is 0 Å². The van der Waals surface area contributed by atoms with Gasteiger partial charge in [0.05, 0.1) is 12.2 Å². The first-order valence-corrected chi connectivity index (χ1v) is 8.05. The van der Waals surface area contributed by atoms with Crippen molar-refractivity contribution in [2.45, 2.75) is 71.6 Å². The van der Waals surface area contributed by atoms with Gasteiger partial charge < -0.3 is 5.32 Å². The van der Waals surface area contributed by atoms with Gasteiger partial charge in [-0.1, -0.05) is 32.4 Å². The van der Waals surface area contributed by atoms with E-state index in [1.54, 1.807) is 0 Å². The van der Waals surface area contributed by atoms with Gasteiger partial charge in [-0.15, -0.1) is 5.10 Å². The fourth-order valence-corrected chi connectivity index (χ4v) is 2.89. The topological polar surface area (TPSA) is 46.0 Å². The Morgan fingerprint density at radius 2 is 2.20 bits per heavy atom. The van der Waals surface area contributed by atoms with E-state index < -0.39 is 0 Å². The number of hydrogen-bond acceptors (Lipinski definition) is 4. The number of nitrogens with one attached hydrogen (secondary N) is 1. The lowest BCUT2D eigenvalue weighted by atomic mass is 10.0. The zero-order valence-corrected chi connectivity index (χ0v) is 13.2. The molecular weight excluding hydrogens is 250 g/mol. The molecule has 0 bridgehead atoms. The van der Waals surface area contributed by atoms with Crippen LogP contribution in [0.1, 0.15) is 52.1 Å². The number of likely N-dealkylation sites (tertiary alicyclic amines) is 1. The highest BCUT2D eigenvalue weighted by molar-refractivity contribution is 4.92. The molecule has 2 rings (SSSR count). The molecule has 5 heteroatoms. The lowest BCUT2D eigenvalue weighted by Crippen LogP contribution is -2.40. The molecule has 1 N–H and O–H groups in total. The largest absolute Gasteiger partial charge is 0.309 e. The SMILES string of the molecule is CCC1CCCCN1CCn1cc(CNC(C)C)nn1. The number of aromatic nitrogens is 3. The van der Waals surface area contributed by atoms with Crippen molar-refractivity contribution in [3.63, 3.8) is 0 Å². The molecule has 1 aliphatic rings. The Labute approximate surface area is 122 Å². The van der Waals surface area contributed by atoms with E-state index in [-0.39, 0.29) is 0 Å². The molecule has 114 valence electrons. The van der Waals surface area contributed by atoms with Crippen molar-refractivity contribution in [2.24, 2.45) is 0 Å². The molecule has 1 unspecified atom stereocenters. The van der Waals surface area contributed by atoms with Gasteiger partial charge in [0.25, 0.3) is 0 Å². The highest BCUT2D eigenvalue weighted by Crippen LogP contribution is 2.18. The van der Waals surface area contributed by atoms with E-state index in [1.165, 1.54) is 32.2 Å². The zero-order valence-electron chi connectivity index (χ0n) is 13.2. The maximum atomic E-state index is 4.23. The van der Waals surface area contributed by atoms with E-state index >= 15 is 0 Å². The van der Waals surface area contributed by atoms with Gasteiger partial charge in [0.1, 0.15) is 0 Å². The fourth-order valence-electron chi connectivity index (χ4n) is 2.89. The monoisotopic (exact) mass is 279 g/mol. The van der Waals surface area contributed by atoms with Crippen LogP contribution in [-0.4, -0.2) is 45.1 Å². The smallest absolute Gasteiger partial charge is 0.0964 e. The Bertz CT molecular complexity index is 387. The molecule has 20 heavy (non-hydrogen) atoms. The Morgan fingerprint density at radius 1 is 1.35 bits per heavy atom. The lowest BCUT2D eigenvalue weighted by molar-refractivity contribution is 0.137. The highest BCUT2D eigenvalue weighted by atomic mass is 15.4. The average molecular weight is 279 g/mol. The standard InChI is InChI=1S/C15H29N5/c1-4-15-7-5-6-8-19(15)9-10-20-12-14(17-18-20)11-16-13(2)3/h12-13,15-16H,4-11H2,1-3H3. The highest BCUT2D eigenvalue weighted by Gasteiger charge is 2.20. The molecule has 1 aromatic heterocycles. The average Bonchev–Trinajstić information content (AvgIpc) is 2.91. The van der Waals surface area contributed by atoms with E-state index in [0.717, 1.165) is 31.4 Å². The number of hydrogen-bond donors (Lipinski definition) is 1. The second-order valence-electron chi connectivity index (χ2n) is 6.10. The van der Waals surface area contributed by atoms with E-state index in [1.807, 2.05) is 4.68 Å². The van der Waals surface area contributed by atoms with Crippen LogP contribution in [0.4, 0.5) is 0 Å². The lowest BCUT2D eigenvalue weighted by Gasteiger charge is -2.35. The van der Waals surface area contributed by atoms with Crippen molar-refractivity contribution in [3.05, 3.63) is 11.9 Å². The molecule has 0 saturated carbocycles. The van der Waals surface area contributed by atoms with Gasteiger partial charge in [-0.05, 0) is 25.8 Å². The van der Waals surface area contributed by atoms with Gasteiger partial charge >= 0.3 is 0 Å². The molecule has 1 aromatic rings. The predicted octanol–water partition coefficient (Wildman–Crippen LogP) is 2.04. The van der Waals surface area contributed by atoms with Crippen molar-refractivity contribution in [1.29, 1.82) is 0 Å². The molecular formula is C15H29N5. The summed E-state index contributed by atoms with van der Waals surface area (Å²) in [5.74, 6) is 0. The molecule has 1 aliphatic heterocycles. The van der Waals surface area contributed by atoms with Crippen LogP contribution in [0.2, 0.25) is 0 Å². The van der Waals surface area contributed by atoms with Crippen molar-refractivity contribution < 1.29 is 0 Å². The van der Waals surface area contributed by atoms with Gasteiger partial charge in [-0.2, -0.15) is 0 Å². The molecule has 0 radical (unpaired) electrons. The Morgan fingerprint density at radius 3 is 2.95 bits per heavy atom. The fraction of sp³-hybridized carbons (Fsp3) is 0.867. The van der Waals surface area contributed by atoms with Crippen LogP contribution >= 0.6 is 0 Å². The summed E-state index contributed by atoms with van der Waals surface area (Å²) in [4.78, 5) is 2.62. The third-order valence-electron chi connectivity index (χ3n) is 4.11. The summed E-state index contributed by atoms with van der Waals surface area (Å²) in [6.07, 6.45) is 7.43. The van der Waals surface area contributed by atoms with Gasteiger partial charge in [0, 0.05) is 31.4 Å². The van der Waals surface area contributed by atoms with Crippen LogP contribution in [0.3, 0.4) is 0 Å². The molecule has 1 fully saturated rings. The maximum Gasteiger partial charge on any atom is 0.0964 e. The summed E-state index contributed by atoms with van der Waals surface area (Å²) in [7, 11) is 0. The molecule has 0 spiro atoms. The predicted molar refractivity (Wildman–Crippen MR) is 81.5 cm³/mol. The first-order chi connectivity index (χ1) is 9.69. The van der Waals surface area contributed by atoms with Crippen molar-refractivity contribution in [3.8, 4) is 0 Å². The quantitative estimate of drug-likeness (QED) is 0.829. The third kappa shape index (κ3) is 4.56. The number of piperidine rings is 1. The van der Waals surface area contributed by atoms with Crippen molar-refractivity contribution in [2.75, 3.05) is 13.1 Å². The molecule has 2 heterocycles. The van der Waals surface area contributed by atoms with Crippen LogP contribution in [0.15, 0.2) is 6.20 Å².